The quantitative estimate of drug-likeness (QED) is 0.618. The average Bonchev–Trinajstić information content (AvgIpc) is 2.75. The van der Waals surface area contributed by atoms with Crippen molar-refractivity contribution in [2.75, 3.05) is 13.2 Å². The summed E-state index contributed by atoms with van der Waals surface area (Å²) in [7, 11) is 0. The molecular weight excluding hydrogens is 411 g/mol. The fourth-order valence-corrected chi connectivity index (χ4v) is 2.87. The number of carbonyl (C=O) groups excluding carboxylic acids is 1. The summed E-state index contributed by atoms with van der Waals surface area (Å²) in [5.74, 6) is 0.0641. The van der Waals surface area contributed by atoms with Crippen LogP contribution in [0.5, 0.6) is 5.75 Å². The Balaban J connectivity index is 1.61. The van der Waals surface area contributed by atoms with Gasteiger partial charge in [0.05, 0.1) is 24.2 Å². The van der Waals surface area contributed by atoms with Gasteiger partial charge in [0.25, 0.3) is 11.5 Å². The standard InChI is InChI=1S/C22H20F3N3O3/c1-2-31-18-8-6-15(7-9-18)19-13-20(29)28(14-27-19)11-10-26-21(30)16-4-3-5-17(12-16)22(23,24)25/h3-9,12-14H,2,10-11H2,1H3,(H,26,30). The normalized spacial score (nSPS) is 11.2. The molecule has 0 fully saturated rings. The van der Waals surface area contributed by atoms with Gasteiger partial charge in [-0.25, -0.2) is 4.98 Å². The molecule has 1 aromatic heterocycles. The lowest BCUT2D eigenvalue weighted by Gasteiger charge is -2.10. The van der Waals surface area contributed by atoms with Gasteiger partial charge in [0.1, 0.15) is 5.75 Å². The highest BCUT2D eigenvalue weighted by molar-refractivity contribution is 5.94. The van der Waals surface area contributed by atoms with E-state index in [1.807, 2.05) is 6.92 Å². The number of aromatic nitrogens is 2. The van der Waals surface area contributed by atoms with E-state index in [-0.39, 0.29) is 24.2 Å². The van der Waals surface area contributed by atoms with Crippen LogP contribution in [0.4, 0.5) is 13.2 Å². The topological polar surface area (TPSA) is 73.2 Å². The van der Waals surface area contributed by atoms with Crippen molar-refractivity contribution in [3.63, 3.8) is 0 Å². The Bertz CT molecular complexity index is 1110. The monoisotopic (exact) mass is 431 g/mol. The first-order chi connectivity index (χ1) is 14.8. The number of halogens is 3. The Morgan fingerprint density at radius 3 is 2.52 bits per heavy atom. The first-order valence-electron chi connectivity index (χ1n) is 9.53. The largest absolute Gasteiger partial charge is 0.494 e. The van der Waals surface area contributed by atoms with Gasteiger partial charge >= 0.3 is 6.18 Å². The van der Waals surface area contributed by atoms with Crippen molar-refractivity contribution in [1.82, 2.24) is 14.9 Å². The summed E-state index contributed by atoms with van der Waals surface area (Å²) >= 11 is 0. The molecule has 162 valence electrons. The smallest absolute Gasteiger partial charge is 0.416 e. The van der Waals surface area contributed by atoms with Crippen LogP contribution in [0.1, 0.15) is 22.8 Å². The maximum atomic E-state index is 12.8. The molecule has 0 aliphatic heterocycles. The summed E-state index contributed by atoms with van der Waals surface area (Å²) in [6.45, 7) is 2.62. The van der Waals surface area contributed by atoms with E-state index < -0.39 is 17.6 Å². The second kappa shape index (κ2) is 9.46. The average molecular weight is 431 g/mol. The highest BCUT2D eigenvalue weighted by Crippen LogP contribution is 2.29. The molecule has 2 aromatic carbocycles. The van der Waals surface area contributed by atoms with Crippen molar-refractivity contribution in [3.05, 3.63) is 82.4 Å². The van der Waals surface area contributed by atoms with Crippen molar-refractivity contribution < 1.29 is 22.7 Å². The van der Waals surface area contributed by atoms with Crippen LogP contribution in [0.2, 0.25) is 0 Å². The number of rotatable bonds is 7. The lowest BCUT2D eigenvalue weighted by Crippen LogP contribution is -2.31. The minimum atomic E-state index is -4.53. The number of alkyl halides is 3. The van der Waals surface area contributed by atoms with Crippen LogP contribution in [0.25, 0.3) is 11.3 Å². The second-order valence-corrected chi connectivity index (χ2v) is 6.60. The van der Waals surface area contributed by atoms with E-state index in [1.165, 1.54) is 29.1 Å². The van der Waals surface area contributed by atoms with Gasteiger partial charge in [0.2, 0.25) is 0 Å². The van der Waals surface area contributed by atoms with Gasteiger partial charge in [-0.1, -0.05) is 6.07 Å². The maximum Gasteiger partial charge on any atom is 0.416 e. The number of hydrogen-bond donors (Lipinski definition) is 1. The summed E-state index contributed by atoms with van der Waals surface area (Å²) < 4.78 is 45.0. The first kappa shape index (κ1) is 22.1. The first-order valence-corrected chi connectivity index (χ1v) is 9.53. The zero-order valence-electron chi connectivity index (χ0n) is 16.6. The third-order valence-corrected chi connectivity index (χ3v) is 4.43. The summed E-state index contributed by atoms with van der Waals surface area (Å²) in [6.07, 6.45) is -3.16. The van der Waals surface area contributed by atoms with E-state index in [2.05, 4.69) is 10.3 Å². The molecule has 0 aliphatic carbocycles. The fraction of sp³-hybridized carbons (Fsp3) is 0.227. The van der Waals surface area contributed by atoms with Crippen molar-refractivity contribution in [2.45, 2.75) is 19.6 Å². The van der Waals surface area contributed by atoms with Crippen LogP contribution in [-0.2, 0) is 12.7 Å². The van der Waals surface area contributed by atoms with Gasteiger partial charge in [-0.15, -0.1) is 0 Å². The van der Waals surface area contributed by atoms with Crippen molar-refractivity contribution in [2.24, 2.45) is 0 Å². The Kier molecular flexibility index (Phi) is 6.74. The minimum absolute atomic E-state index is 0.0546. The molecule has 1 heterocycles. The molecule has 1 N–H and O–H groups in total. The Labute approximate surface area is 176 Å². The van der Waals surface area contributed by atoms with E-state index in [0.717, 1.165) is 23.4 Å². The van der Waals surface area contributed by atoms with Gasteiger partial charge in [-0.05, 0) is 49.4 Å². The van der Waals surface area contributed by atoms with Crippen LogP contribution in [-0.4, -0.2) is 28.6 Å². The zero-order valence-corrected chi connectivity index (χ0v) is 16.6. The predicted molar refractivity (Wildman–Crippen MR) is 109 cm³/mol. The summed E-state index contributed by atoms with van der Waals surface area (Å²) in [4.78, 5) is 28.7. The van der Waals surface area contributed by atoms with Gasteiger partial charge < -0.3 is 10.1 Å². The molecule has 31 heavy (non-hydrogen) atoms. The second-order valence-electron chi connectivity index (χ2n) is 6.60. The Morgan fingerprint density at radius 2 is 1.87 bits per heavy atom. The predicted octanol–water partition coefficient (Wildman–Crippen LogP) is 3.76. The van der Waals surface area contributed by atoms with Crippen LogP contribution in [0.15, 0.2) is 65.7 Å². The summed E-state index contributed by atoms with van der Waals surface area (Å²) in [5.41, 5.74) is -0.0633. The molecule has 0 saturated carbocycles. The minimum Gasteiger partial charge on any atom is -0.494 e. The van der Waals surface area contributed by atoms with Crippen molar-refractivity contribution in [1.29, 1.82) is 0 Å². The van der Waals surface area contributed by atoms with Gasteiger partial charge in [0, 0.05) is 30.3 Å². The molecule has 6 nitrogen and oxygen atoms in total. The summed E-state index contributed by atoms with van der Waals surface area (Å²) in [5, 5.41) is 2.51. The molecular formula is C22H20F3N3O3. The van der Waals surface area contributed by atoms with Crippen LogP contribution >= 0.6 is 0 Å². The van der Waals surface area contributed by atoms with Crippen molar-refractivity contribution in [3.8, 4) is 17.0 Å². The third kappa shape index (κ3) is 5.71. The number of nitrogens with zero attached hydrogens (tertiary/aromatic N) is 2. The molecule has 0 bridgehead atoms. The number of ether oxygens (including phenoxy) is 1. The molecule has 0 aliphatic rings. The lowest BCUT2D eigenvalue weighted by molar-refractivity contribution is -0.137. The Morgan fingerprint density at radius 1 is 1.13 bits per heavy atom. The van der Waals surface area contributed by atoms with E-state index in [4.69, 9.17) is 4.74 Å². The molecule has 3 aromatic rings. The highest BCUT2D eigenvalue weighted by atomic mass is 19.4. The van der Waals surface area contributed by atoms with Crippen LogP contribution in [0.3, 0.4) is 0 Å². The molecule has 3 rings (SSSR count). The number of hydrogen-bond acceptors (Lipinski definition) is 4. The molecule has 9 heteroatoms. The van der Waals surface area contributed by atoms with Crippen LogP contribution in [0, 0.1) is 0 Å². The molecule has 0 spiro atoms. The molecule has 1 amide bonds. The zero-order chi connectivity index (χ0) is 22.4. The number of nitrogens with one attached hydrogen (secondary N) is 1. The molecule has 0 radical (unpaired) electrons. The number of benzene rings is 2. The van der Waals surface area contributed by atoms with Gasteiger partial charge in [-0.2, -0.15) is 13.2 Å². The Hall–Kier alpha value is -3.62. The third-order valence-electron chi connectivity index (χ3n) is 4.43. The highest BCUT2D eigenvalue weighted by Gasteiger charge is 2.30. The van der Waals surface area contributed by atoms with Gasteiger partial charge in [0.15, 0.2) is 0 Å². The lowest BCUT2D eigenvalue weighted by atomic mass is 10.1. The van der Waals surface area contributed by atoms with Crippen LogP contribution < -0.4 is 15.6 Å². The SMILES string of the molecule is CCOc1ccc(-c2cc(=O)n(CCNC(=O)c3cccc(C(F)(F)F)c3)cn2)cc1. The maximum absolute atomic E-state index is 12.8. The van der Waals surface area contributed by atoms with Crippen molar-refractivity contribution >= 4 is 5.91 Å². The van der Waals surface area contributed by atoms with E-state index in [0.29, 0.717) is 12.3 Å². The van der Waals surface area contributed by atoms with Gasteiger partial charge in [-0.3, -0.25) is 14.2 Å². The number of carbonyl (C=O) groups is 1. The van der Waals surface area contributed by atoms with E-state index in [1.54, 1.807) is 24.3 Å². The molecule has 0 unspecified atom stereocenters. The van der Waals surface area contributed by atoms with E-state index in [9.17, 15) is 22.8 Å². The molecule has 0 atom stereocenters. The number of amides is 1. The van der Waals surface area contributed by atoms with E-state index >= 15 is 0 Å². The molecule has 0 saturated heterocycles. The fourth-order valence-electron chi connectivity index (χ4n) is 2.87. The summed E-state index contributed by atoms with van der Waals surface area (Å²) in [6, 6.07) is 12.7.